The van der Waals surface area contributed by atoms with Gasteiger partial charge in [-0.05, 0) is 28.1 Å². The number of rotatable bonds is 3. The molecule has 0 aromatic carbocycles. The second kappa shape index (κ2) is 4.88. The second-order valence-electron chi connectivity index (χ2n) is 3.22. The van der Waals surface area contributed by atoms with Gasteiger partial charge >= 0.3 is 0 Å². The van der Waals surface area contributed by atoms with E-state index in [4.69, 9.17) is 0 Å². The average Bonchev–Trinajstić information content (AvgIpc) is 2.67. The third-order valence-electron chi connectivity index (χ3n) is 2.13. The van der Waals surface area contributed by atoms with Gasteiger partial charge in [0.05, 0.1) is 21.7 Å². The number of thiol groups is 1. The lowest BCUT2D eigenvalue weighted by Gasteiger charge is -2.03. The summed E-state index contributed by atoms with van der Waals surface area (Å²) in [5.41, 5.74) is 1.52. The van der Waals surface area contributed by atoms with Gasteiger partial charge in [-0.15, -0.1) is 0 Å². The van der Waals surface area contributed by atoms with Gasteiger partial charge in [0.15, 0.2) is 0 Å². The van der Waals surface area contributed by atoms with E-state index in [0.717, 1.165) is 9.99 Å². The molecule has 2 aromatic rings. The van der Waals surface area contributed by atoms with Gasteiger partial charge in [-0.2, -0.15) is 17.7 Å². The summed E-state index contributed by atoms with van der Waals surface area (Å²) < 4.78 is 2.58. The quantitative estimate of drug-likeness (QED) is 0.849. The van der Waals surface area contributed by atoms with Crippen LogP contribution in [-0.4, -0.2) is 27.8 Å². The number of aromatic nitrogens is 2. The minimum Gasteiger partial charge on any atom is -0.351 e. The zero-order chi connectivity index (χ0) is 11.5. The summed E-state index contributed by atoms with van der Waals surface area (Å²) in [5, 5.41) is 6.87. The smallest absolute Gasteiger partial charge is 0.252 e. The lowest BCUT2D eigenvalue weighted by atomic mass is 10.2. The van der Waals surface area contributed by atoms with Crippen LogP contribution in [0.3, 0.4) is 0 Å². The van der Waals surface area contributed by atoms with Crippen LogP contribution in [0.5, 0.6) is 0 Å². The zero-order valence-electron chi connectivity index (χ0n) is 8.35. The van der Waals surface area contributed by atoms with Crippen molar-refractivity contribution in [3.05, 3.63) is 34.6 Å². The van der Waals surface area contributed by atoms with E-state index in [1.807, 2.05) is 6.07 Å². The summed E-state index contributed by atoms with van der Waals surface area (Å²) in [6.45, 7) is 0.558. The van der Waals surface area contributed by atoms with Crippen LogP contribution >= 0.6 is 28.6 Å². The number of nitrogens with zero attached hydrogens (tertiary/aromatic N) is 2. The van der Waals surface area contributed by atoms with Gasteiger partial charge in [-0.1, -0.05) is 0 Å². The highest BCUT2D eigenvalue weighted by Gasteiger charge is 2.07. The van der Waals surface area contributed by atoms with Gasteiger partial charge in [0.1, 0.15) is 0 Å². The van der Waals surface area contributed by atoms with E-state index in [0.29, 0.717) is 17.9 Å². The lowest BCUT2D eigenvalue weighted by molar-refractivity contribution is 0.0955. The molecule has 0 aliphatic rings. The van der Waals surface area contributed by atoms with Crippen molar-refractivity contribution in [2.75, 3.05) is 12.3 Å². The maximum absolute atomic E-state index is 11.7. The Morgan fingerprint density at radius 2 is 2.38 bits per heavy atom. The fourth-order valence-electron chi connectivity index (χ4n) is 1.36. The van der Waals surface area contributed by atoms with Crippen LogP contribution < -0.4 is 5.32 Å². The van der Waals surface area contributed by atoms with Crippen LogP contribution in [-0.2, 0) is 0 Å². The normalized spacial score (nSPS) is 10.6. The fraction of sp³-hybridized carbons (Fsp3) is 0.200. The standard InChI is InChI=1S/C10H10BrN3OS/c11-8-5-13-14-6-7(1-2-9(8)14)10(15)12-3-4-16/h1-2,5-6,16H,3-4H2,(H,12,15). The number of hydrogen-bond donors (Lipinski definition) is 2. The molecule has 0 spiro atoms. The molecule has 0 unspecified atom stereocenters. The Morgan fingerprint density at radius 3 is 3.12 bits per heavy atom. The molecule has 1 N–H and O–H groups in total. The molecule has 0 aliphatic carbocycles. The van der Waals surface area contributed by atoms with E-state index in [-0.39, 0.29) is 5.91 Å². The summed E-state index contributed by atoms with van der Waals surface area (Å²) in [7, 11) is 0. The molecule has 0 atom stereocenters. The van der Waals surface area contributed by atoms with E-state index in [1.54, 1.807) is 23.0 Å². The van der Waals surface area contributed by atoms with Crippen LogP contribution in [0, 0.1) is 0 Å². The number of hydrogen-bond acceptors (Lipinski definition) is 3. The van der Waals surface area contributed by atoms with Crippen molar-refractivity contribution >= 4 is 40.0 Å². The van der Waals surface area contributed by atoms with E-state index in [2.05, 4.69) is 39.0 Å². The van der Waals surface area contributed by atoms with Gasteiger partial charge in [0, 0.05) is 18.5 Å². The second-order valence-corrected chi connectivity index (χ2v) is 4.52. The number of halogens is 1. The molecular formula is C10H10BrN3OS. The maximum atomic E-state index is 11.7. The number of pyridine rings is 1. The van der Waals surface area contributed by atoms with Crippen LogP contribution in [0.2, 0.25) is 0 Å². The predicted molar refractivity (Wildman–Crippen MR) is 69.1 cm³/mol. The van der Waals surface area contributed by atoms with Crippen molar-refractivity contribution in [2.24, 2.45) is 0 Å². The summed E-state index contributed by atoms with van der Waals surface area (Å²) in [4.78, 5) is 11.7. The molecule has 4 nitrogen and oxygen atoms in total. The first-order valence-electron chi connectivity index (χ1n) is 4.74. The van der Waals surface area contributed by atoms with E-state index < -0.39 is 0 Å². The molecule has 2 rings (SSSR count). The van der Waals surface area contributed by atoms with Gasteiger partial charge in [0.2, 0.25) is 0 Å². The third kappa shape index (κ3) is 2.22. The minimum absolute atomic E-state index is 0.109. The molecule has 0 bridgehead atoms. The van der Waals surface area contributed by atoms with Gasteiger partial charge in [0.25, 0.3) is 5.91 Å². The monoisotopic (exact) mass is 299 g/mol. The molecular weight excluding hydrogens is 290 g/mol. The fourth-order valence-corrected chi connectivity index (χ4v) is 1.88. The van der Waals surface area contributed by atoms with Gasteiger partial charge < -0.3 is 5.32 Å². The molecule has 0 fully saturated rings. The number of carbonyl (C=O) groups excluding carboxylic acids is 1. The Labute approximate surface area is 107 Å². The molecule has 0 radical (unpaired) electrons. The highest BCUT2D eigenvalue weighted by molar-refractivity contribution is 9.10. The lowest BCUT2D eigenvalue weighted by Crippen LogP contribution is -2.25. The Bertz CT molecular complexity index is 526. The first-order valence-corrected chi connectivity index (χ1v) is 6.17. The van der Waals surface area contributed by atoms with E-state index >= 15 is 0 Å². The van der Waals surface area contributed by atoms with Crippen LogP contribution in [0.4, 0.5) is 0 Å². The summed E-state index contributed by atoms with van der Waals surface area (Å²) >= 11 is 7.41. The highest BCUT2D eigenvalue weighted by atomic mass is 79.9. The first kappa shape index (κ1) is 11.5. The SMILES string of the molecule is O=C(NCCS)c1ccc2c(Br)cnn2c1. The van der Waals surface area contributed by atoms with Crippen LogP contribution in [0.15, 0.2) is 29.0 Å². The predicted octanol–water partition coefficient (Wildman–Crippen LogP) is 1.76. The van der Waals surface area contributed by atoms with E-state index in [1.165, 1.54) is 0 Å². The van der Waals surface area contributed by atoms with E-state index in [9.17, 15) is 4.79 Å². The zero-order valence-corrected chi connectivity index (χ0v) is 10.8. The van der Waals surface area contributed by atoms with Crippen molar-refractivity contribution in [1.29, 1.82) is 0 Å². The van der Waals surface area contributed by atoms with Crippen molar-refractivity contribution in [3.8, 4) is 0 Å². The van der Waals surface area contributed by atoms with Gasteiger partial charge in [-0.3, -0.25) is 4.79 Å². The largest absolute Gasteiger partial charge is 0.351 e. The van der Waals surface area contributed by atoms with Crippen LogP contribution in [0.25, 0.3) is 5.52 Å². The Morgan fingerprint density at radius 1 is 1.56 bits per heavy atom. The number of carbonyl (C=O) groups is 1. The maximum Gasteiger partial charge on any atom is 0.252 e. The molecule has 0 aliphatic heterocycles. The van der Waals surface area contributed by atoms with Crippen molar-refractivity contribution in [1.82, 2.24) is 14.9 Å². The first-order chi connectivity index (χ1) is 7.72. The summed E-state index contributed by atoms with van der Waals surface area (Å²) in [5.74, 6) is 0.518. The molecule has 0 saturated heterocycles. The van der Waals surface area contributed by atoms with Crippen LogP contribution in [0.1, 0.15) is 10.4 Å². The molecule has 84 valence electrons. The summed E-state index contributed by atoms with van der Waals surface area (Å²) in [6, 6.07) is 3.63. The number of fused-ring (bicyclic) bond motifs is 1. The molecule has 0 saturated carbocycles. The third-order valence-corrected chi connectivity index (χ3v) is 2.96. The van der Waals surface area contributed by atoms with Crippen molar-refractivity contribution < 1.29 is 4.79 Å². The van der Waals surface area contributed by atoms with Crippen molar-refractivity contribution in [2.45, 2.75) is 0 Å². The average molecular weight is 300 g/mol. The molecule has 6 heteroatoms. The number of amides is 1. The number of nitrogens with one attached hydrogen (secondary N) is 1. The molecule has 16 heavy (non-hydrogen) atoms. The molecule has 1 amide bonds. The minimum atomic E-state index is -0.109. The Kier molecular flexibility index (Phi) is 3.50. The van der Waals surface area contributed by atoms with Crippen molar-refractivity contribution in [3.63, 3.8) is 0 Å². The Hall–Kier alpha value is -1.01. The molecule has 2 heterocycles. The Balaban J connectivity index is 2.29. The molecule has 2 aromatic heterocycles. The highest BCUT2D eigenvalue weighted by Crippen LogP contribution is 2.17. The summed E-state index contributed by atoms with van der Waals surface area (Å²) in [6.07, 6.45) is 3.40. The van der Waals surface area contributed by atoms with Gasteiger partial charge in [-0.25, -0.2) is 4.52 Å². The topological polar surface area (TPSA) is 46.4 Å².